The zero-order valence-electron chi connectivity index (χ0n) is 14.9. The van der Waals surface area contributed by atoms with E-state index in [0.29, 0.717) is 23.3 Å². The summed E-state index contributed by atoms with van der Waals surface area (Å²) in [6.07, 6.45) is 0.794. The minimum Gasteiger partial charge on any atom is -0.329 e. The lowest BCUT2D eigenvalue weighted by Gasteiger charge is -2.34. The number of hydrogen-bond donors (Lipinski definition) is 1. The Labute approximate surface area is 160 Å². The van der Waals surface area contributed by atoms with Crippen LogP contribution in [0.25, 0.3) is 0 Å². The van der Waals surface area contributed by atoms with Crippen molar-refractivity contribution in [3.63, 3.8) is 0 Å². The second-order valence-corrected chi connectivity index (χ2v) is 7.13. The first kappa shape index (κ1) is 18.0. The number of nitro benzene ring substituents is 1. The van der Waals surface area contributed by atoms with E-state index in [4.69, 9.17) is 0 Å². The zero-order chi connectivity index (χ0) is 19.8. The fraction of sp³-hybridized carbons (Fsp3) is 0.238. The Hall–Kier alpha value is -3.35. The standard InChI is InChI=1S/C21H17FN2O4/c22-15-6-4-12(5-7-15)14-9-18-21(19(25)10-14)17(11-20(26)23-18)13-2-1-3-16(8-13)24(27)28/h1-8,14,17H,9-11H2,(H,23,26)/t14-,17-/m1/s1. The van der Waals surface area contributed by atoms with Crippen molar-refractivity contribution in [2.75, 3.05) is 0 Å². The van der Waals surface area contributed by atoms with Gasteiger partial charge in [0.15, 0.2) is 5.78 Å². The lowest BCUT2D eigenvalue weighted by atomic mass is 9.73. The minimum atomic E-state index is -0.495. The number of carbonyl (C=O) groups is 2. The molecule has 0 fully saturated rings. The van der Waals surface area contributed by atoms with Gasteiger partial charge in [0.05, 0.1) is 4.92 Å². The van der Waals surface area contributed by atoms with Crippen LogP contribution in [0.1, 0.15) is 42.2 Å². The van der Waals surface area contributed by atoms with E-state index in [1.54, 1.807) is 24.3 Å². The van der Waals surface area contributed by atoms with E-state index in [-0.39, 0.29) is 42.0 Å². The topological polar surface area (TPSA) is 89.3 Å². The molecule has 0 unspecified atom stereocenters. The van der Waals surface area contributed by atoms with Crippen molar-refractivity contribution < 1.29 is 18.9 Å². The number of ketones is 1. The third-order valence-electron chi connectivity index (χ3n) is 5.36. The van der Waals surface area contributed by atoms with E-state index in [1.165, 1.54) is 24.3 Å². The maximum absolute atomic E-state index is 13.2. The highest BCUT2D eigenvalue weighted by atomic mass is 19.1. The number of non-ortho nitro benzene ring substituents is 1. The number of amides is 1. The maximum Gasteiger partial charge on any atom is 0.269 e. The maximum atomic E-state index is 13.2. The van der Waals surface area contributed by atoms with Crippen LogP contribution < -0.4 is 5.32 Å². The molecule has 1 N–H and O–H groups in total. The molecule has 2 aliphatic rings. The third kappa shape index (κ3) is 3.31. The van der Waals surface area contributed by atoms with Crippen LogP contribution in [0, 0.1) is 15.9 Å². The monoisotopic (exact) mass is 380 g/mol. The second-order valence-electron chi connectivity index (χ2n) is 7.13. The summed E-state index contributed by atoms with van der Waals surface area (Å²) < 4.78 is 13.2. The van der Waals surface area contributed by atoms with Gasteiger partial charge in [-0.25, -0.2) is 4.39 Å². The number of carbonyl (C=O) groups excluding carboxylic acids is 2. The SMILES string of the molecule is O=C1C[C@H](c2cccc([N+](=O)[O-])c2)C2=C(C[C@@H](c3ccc(F)cc3)CC2=O)N1. The summed E-state index contributed by atoms with van der Waals surface area (Å²) in [7, 11) is 0. The molecule has 7 heteroatoms. The van der Waals surface area contributed by atoms with Crippen molar-refractivity contribution in [2.45, 2.75) is 31.1 Å². The average Bonchev–Trinajstić information content (AvgIpc) is 2.67. The normalized spacial score (nSPS) is 21.9. The molecule has 2 aromatic rings. The summed E-state index contributed by atoms with van der Waals surface area (Å²) in [4.78, 5) is 35.8. The van der Waals surface area contributed by atoms with E-state index < -0.39 is 10.8 Å². The number of Topliss-reactive ketones (excluding diaryl/α,β-unsaturated/α-hetero) is 1. The minimum absolute atomic E-state index is 0.0712. The van der Waals surface area contributed by atoms with Gasteiger partial charge in [-0.05, 0) is 35.6 Å². The van der Waals surface area contributed by atoms with Gasteiger partial charge >= 0.3 is 0 Å². The third-order valence-corrected chi connectivity index (χ3v) is 5.36. The summed E-state index contributed by atoms with van der Waals surface area (Å²) in [6, 6.07) is 12.1. The second kappa shape index (κ2) is 6.99. The fourth-order valence-electron chi connectivity index (χ4n) is 4.07. The van der Waals surface area contributed by atoms with Gasteiger partial charge in [0.2, 0.25) is 5.91 Å². The van der Waals surface area contributed by atoms with Crippen LogP contribution in [-0.4, -0.2) is 16.6 Å². The molecule has 0 bridgehead atoms. The number of allylic oxidation sites excluding steroid dienone is 2. The van der Waals surface area contributed by atoms with Crippen molar-refractivity contribution in [3.05, 3.63) is 86.9 Å². The zero-order valence-corrected chi connectivity index (χ0v) is 14.9. The molecular formula is C21H17FN2O4. The van der Waals surface area contributed by atoms with Gasteiger partial charge in [-0.1, -0.05) is 24.3 Å². The fourth-order valence-corrected chi connectivity index (χ4v) is 4.07. The van der Waals surface area contributed by atoms with E-state index in [0.717, 1.165) is 5.56 Å². The highest BCUT2D eigenvalue weighted by molar-refractivity contribution is 6.02. The summed E-state index contributed by atoms with van der Waals surface area (Å²) in [5.74, 6) is -1.29. The summed E-state index contributed by atoms with van der Waals surface area (Å²) in [5.41, 5.74) is 2.45. The molecule has 2 atom stereocenters. The smallest absolute Gasteiger partial charge is 0.269 e. The molecule has 1 aliphatic heterocycles. The molecule has 1 amide bonds. The molecule has 0 saturated heterocycles. The molecule has 0 radical (unpaired) electrons. The Balaban J connectivity index is 1.71. The molecule has 6 nitrogen and oxygen atoms in total. The highest BCUT2D eigenvalue weighted by Crippen LogP contribution is 2.42. The first-order valence-corrected chi connectivity index (χ1v) is 8.98. The predicted molar refractivity (Wildman–Crippen MR) is 99.0 cm³/mol. The predicted octanol–water partition coefficient (Wildman–Crippen LogP) is 3.74. The molecule has 1 aliphatic carbocycles. The number of nitro groups is 1. The molecule has 0 spiro atoms. The van der Waals surface area contributed by atoms with E-state index in [1.807, 2.05) is 0 Å². The van der Waals surface area contributed by atoms with Gasteiger partial charge in [0.25, 0.3) is 5.69 Å². The van der Waals surface area contributed by atoms with Crippen molar-refractivity contribution >= 4 is 17.4 Å². The Kier molecular flexibility index (Phi) is 4.50. The van der Waals surface area contributed by atoms with Gasteiger partial charge in [0.1, 0.15) is 5.82 Å². The lowest BCUT2D eigenvalue weighted by Crippen LogP contribution is -2.38. The van der Waals surface area contributed by atoms with Gasteiger partial charge < -0.3 is 5.32 Å². The van der Waals surface area contributed by atoms with Crippen LogP contribution in [0.2, 0.25) is 0 Å². The van der Waals surface area contributed by atoms with Crippen LogP contribution in [-0.2, 0) is 9.59 Å². The highest BCUT2D eigenvalue weighted by Gasteiger charge is 2.38. The van der Waals surface area contributed by atoms with Gasteiger partial charge in [-0.3, -0.25) is 19.7 Å². The first-order chi connectivity index (χ1) is 13.4. The van der Waals surface area contributed by atoms with Gasteiger partial charge in [-0.15, -0.1) is 0 Å². The van der Waals surface area contributed by atoms with Crippen LogP contribution >= 0.6 is 0 Å². The van der Waals surface area contributed by atoms with E-state index in [2.05, 4.69) is 5.32 Å². The van der Waals surface area contributed by atoms with Gasteiger partial charge in [0, 0.05) is 42.2 Å². The molecule has 2 aromatic carbocycles. The molecular weight excluding hydrogens is 363 g/mol. The molecule has 4 rings (SSSR count). The number of benzene rings is 2. The van der Waals surface area contributed by atoms with Gasteiger partial charge in [-0.2, -0.15) is 0 Å². The Morgan fingerprint density at radius 2 is 1.75 bits per heavy atom. The van der Waals surface area contributed by atoms with Crippen LogP contribution in [0.3, 0.4) is 0 Å². The van der Waals surface area contributed by atoms with E-state index in [9.17, 15) is 24.1 Å². The Morgan fingerprint density at radius 3 is 2.46 bits per heavy atom. The number of nitrogens with zero attached hydrogens (tertiary/aromatic N) is 1. The van der Waals surface area contributed by atoms with Crippen molar-refractivity contribution in [1.29, 1.82) is 0 Å². The quantitative estimate of drug-likeness (QED) is 0.649. The summed E-state index contributed by atoms with van der Waals surface area (Å²) in [6.45, 7) is 0. The molecule has 142 valence electrons. The van der Waals surface area contributed by atoms with Crippen LogP contribution in [0.15, 0.2) is 59.8 Å². The molecule has 1 heterocycles. The van der Waals surface area contributed by atoms with Crippen molar-refractivity contribution in [2.24, 2.45) is 0 Å². The van der Waals surface area contributed by atoms with Crippen LogP contribution in [0.4, 0.5) is 10.1 Å². The van der Waals surface area contributed by atoms with Crippen molar-refractivity contribution in [1.82, 2.24) is 5.32 Å². The lowest BCUT2D eigenvalue weighted by molar-refractivity contribution is -0.384. The Morgan fingerprint density at radius 1 is 1.00 bits per heavy atom. The molecule has 28 heavy (non-hydrogen) atoms. The molecule has 0 saturated carbocycles. The first-order valence-electron chi connectivity index (χ1n) is 8.98. The number of hydrogen-bond acceptors (Lipinski definition) is 4. The number of nitrogens with one attached hydrogen (secondary N) is 1. The Bertz CT molecular complexity index is 1010. The summed E-state index contributed by atoms with van der Waals surface area (Å²) >= 11 is 0. The van der Waals surface area contributed by atoms with E-state index >= 15 is 0 Å². The summed E-state index contributed by atoms with van der Waals surface area (Å²) in [5, 5.41) is 13.9. The average molecular weight is 380 g/mol. The largest absolute Gasteiger partial charge is 0.329 e. The van der Waals surface area contributed by atoms with Crippen molar-refractivity contribution in [3.8, 4) is 0 Å². The van der Waals surface area contributed by atoms with Crippen LogP contribution in [0.5, 0.6) is 0 Å². The molecule has 0 aromatic heterocycles. The number of halogens is 1. The number of rotatable bonds is 3.